The van der Waals surface area contributed by atoms with Gasteiger partial charge in [-0.2, -0.15) is 0 Å². The molecule has 5 rings (SSSR count). The summed E-state index contributed by atoms with van der Waals surface area (Å²) in [7, 11) is 0. The molecule has 0 spiro atoms. The molecule has 1 aliphatic rings. The third-order valence-corrected chi connectivity index (χ3v) is 6.05. The minimum atomic E-state index is -0.585. The van der Waals surface area contributed by atoms with Gasteiger partial charge in [-0.1, -0.05) is 41.9 Å². The number of hydrogen-bond donors (Lipinski definition) is 2. The highest BCUT2D eigenvalue weighted by atomic mass is 35.5. The normalized spacial score (nSPS) is 13.6. The summed E-state index contributed by atoms with van der Waals surface area (Å²) in [6, 6.07) is 17.5. The fraction of sp³-hybridized carbons (Fsp3) is 0.111. The van der Waals surface area contributed by atoms with Gasteiger partial charge < -0.3 is 15.2 Å². The molecule has 0 atom stereocenters. The summed E-state index contributed by atoms with van der Waals surface area (Å²) in [5.41, 5.74) is 4.90. The lowest BCUT2D eigenvalue weighted by Crippen LogP contribution is -2.22. The Kier molecular flexibility index (Phi) is 6.16. The van der Waals surface area contributed by atoms with Crippen LogP contribution < -0.4 is 5.32 Å². The first-order valence-corrected chi connectivity index (χ1v) is 11.4. The van der Waals surface area contributed by atoms with E-state index in [1.807, 2.05) is 42.5 Å². The van der Waals surface area contributed by atoms with Crippen molar-refractivity contribution in [1.82, 2.24) is 9.97 Å². The molecule has 1 aliphatic carbocycles. The van der Waals surface area contributed by atoms with Crippen molar-refractivity contribution in [1.29, 1.82) is 0 Å². The number of phenolic OH excluding ortho intramolecular Hbond substituents is 1. The van der Waals surface area contributed by atoms with Crippen LogP contribution in [0.4, 0.5) is 5.69 Å². The molecule has 7 nitrogen and oxygen atoms in total. The minimum absolute atomic E-state index is 0.151. The molecule has 0 aliphatic heterocycles. The molecule has 4 aromatic rings. The number of nitrogens with one attached hydrogen (secondary N) is 1. The molecule has 0 bridgehead atoms. The van der Waals surface area contributed by atoms with E-state index >= 15 is 0 Å². The Balaban J connectivity index is 1.44. The van der Waals surface area contributed by atoms with Gasteiger partial charge in [-0.15, -0.1) is 0 Å². The predicted molar refractivity (Wildman–Crippen MR) is 134 cm³/mol. The minimum Gasteiger partial charge on any atom is -0.508 e. The van der Waals surface area contributed by atoms with Crippen LogP contribution in [0.1, 0.15) is 33.6 Å². The number of aromatic hydroxyl groups is 1. The van der Waals surface area contributed by atoms with Gasteiger partial charge in [-0.05, 0) is 65.9 Å². The third-order valence-electron chi connectivity index (χ3n) is 5.75. The number of allylic oxidation sites excluding steroid dienone is 1. The molecule has 35 heavy (non-hydrogen) atoms. The van der Waals surface area contributed by atoms with Gasteiger partial charge in [0.2, 0.25) is 0 Å². The average Bonchev–Trinajstić information content (AvgIpc) is 3.25. The van der Waals surface area contributed by atoms with Gasteiger partial charge in [-0.3, -0.25) is 4.79 Å². The number of fused-ring (bicyclic) bond motifs is 2. The van der Waals surface area contributed by atoms with Crippen molar-refractivity contribution >= 4 is 51.7 Å². The molecule has 0 saturated heterocycles. The number of rotatable bonds is 5. The van der Waals surface area contributed by atoms with Gasteiger partial charge in [0.05, 0.1) is 22.5 Å². The molecule has 0 fully saturated rings. The molecule has 0 unspecified atom stereocenters. The van der Waals surface area contributed by atoms with Gasteiger partial charge in [0.15, 0.2) is 11.8 Å². The van der Waals surface area contributed by atoms with Crippen molar-refractivity contribution in [2.45, 2.75) is 12.8 Å². The smallest absolute Gasteiger partial charge is 0.339 e. The van der Waals surface area contributed by atoms with E-state index in [1.54, 1.807) is 24.3 Å². The van der Waals surface area contributed by atoms with Gasteiger partial charge >= 0.3 is 5.97 Å². The van der Waals surface area contributed by atoms with Crippen LogP contribution in [0.2, 0.25) is 5.15 Å². The van der Waals surface area contributed by atoms with Gasteiger partial charge in [0, 0.05) is 11.6 Å². The Hall–Kier alpha value is -4.23. The molecule has 0 saturated carbocycles. The van der Waals surface area contributed by atoms with Crippen molar-refractivity contribution in [3.8, 4) is 5.75 Å². The highest BCUT2D eigenvalue weighted by molar-refractivity contribution is 6.32. The van der Waals surface area contributed by atoms with E-state index in [2.05, 4.69) is 10.3 Å². The lowest BCUT2D eigenvalue weighted by Gasteiger charge is -2.12. The summed E-state index contributed by atoms with van der Waals surface area (Å²) in [6.07, 6.45) is 4.85. The number of hydrogen-bond acceptors (Lipinski definition) is 6. The quantitative estimate of drug-likeness (QED) is 0.295. The van der Waals surface area contributed by atoms with Crippen molar-refractivity contribution in [3.63, 3.8) is 0 Å². The number of phenols is 1. The molecule has 2 aromatic carbocycles. The summed E-state index contributed by atoms with van der Waals surface area (Å²) >= 11 is 5.98. The Morgan fingerprint density at radius 3 is 2.66 bits per heavy atom. The number of aromatic nitrogens is 2. The van der Waals surface area contributed by atoms with E-state index in [4.69, 9.17) is 21.3 Å². The van der Waals surface area contributed by atoms with E-state index in [0.29, 0.717) is 35.0 Å². The number of pyridine rings is 2. The van der Waals surface area contributed by atoms with Crippen molar-refractivity contribution in [3.05, 3.63) is 94.4 Å². The van der Waals surface area contributed by atoms with E-state index < -0.39 is 18.5 Å². The Labute approximate surface area is 206 Å². The number of carbonyl (C=O) groups is 2. The van der Waals surface area contributed by atoms with Crippen LogP contribution >= 0.6 is 11.6 Å². The second-order valence-corrected chi connectivity index (χ2v) is 8.42. The maximum atomic E-state index is 13.2. The van der Waals surface area contributed by atoms with E-state index in [0.717, 1.165) is 22.4 Å². The first-order valence-electron chi connectivity index (χ1n) is 11.0. The molecule has 174 valence electrons. The van der Waals surface area contributed by atoms with Crippen LogP contribution in [0.5, 0.6) is 5.75 Å². The standard InChI is InChI=1S/C27H20ClN3O4/c28-26-22(6-3-13-29-26)30-23(33)15-35-27(34)24-19-4-1-2-5-21(19)31-25-17(9-12-20(24)25)14-16-7-10-18(32)11-8-16/h1-8,10-11,13-14,32H,9,12,15H2,(H,30,33)/b17-14+. The first kappa shape index (κ1) is 22.6. The highest BCUT2D eigenvalue weighted by Crippen LogP contribution is 2.38. The molecular formula is C27H20ClN3O4. The average molecular weight is 486 g/mol. The predicted octanol–water partition coefficient (Wildman–Crippen LogP) is 5.27. The Bertz CT molecular complexity index is 1480. The van der Waals surface area contributed by atoms with Crippen LogP contribution in [0, 0.1) is 0 Å². The zero-order chi connectivity index (χ0) is 24.4. The summed E-state index contributed by atoms with van der Waals surface area (Å²) in [5, 5.41) is 13.0. The zero-order valence-corrected chi connectivity index (χ0v) is 19.2. The zero-order valence-electron chi connectivity index (χ0n) is 18.5. The lowest BCUT2D eigenvalue weighted by molar-refractivity contribution is -0.119. The largest absolute Gasteiger partial charge is 0.508 e. The summed E-state index contributed by atoms with van der Waals surface area (Å²) < 4.78 is 5.41. The van der Waals surface area contributed by atoms with Crippen LogP contribution in [-0.2, 0) is 16.0 Å². The Morgan fingerprint density at radius 2 is 1.86 bits per heavy atom. The molecule has 2 heterocycles. The number of amides is 1. The number of carbonyl (C=O) groups excluding carboxylic acids is 2. The summed E-state index contributed by atoms with van der Waals surface area (Å²) in [4.78, 5) is 34.3. The van der Waals surface area contributed by atoms with E-state index in [9.17, 15) is 14.7 Å². The van der Waals surface area contributed by atoms with Crippen LogP contribution in [0.15, 0.2) is 66.9 Å². The van der Waals surface area contributed by atoms with E-state index in [1.165, 1.54) is 6.20 Å². The summed E-state index contributed by atoms with van der Waals surface area (Å²) in [5.74, 6) is -0.905. The molecule has 0 radical (unpaired) electrons. The summed E-state index contributed by atoms with van der Waals surface area (Å²) in [6.45, 7) is -0.467. The third kappa shape index (κ3) is 4.72. The number of esters is 1. The van der Waals surface area contributed by atoms with Crippen LogP contribution in [0.25, 0.3) is 22.6 Å². The fourth-order valence-electron chi connectivity index (χ4n) is 4.15. The second kappa shape index (κ2) is 9.56. The molecule has 8 heteroatoms. The highest BCUT2D eigenvalue weighted by Gasteiger charge is 2.28. The number of nitrogens with zero attached hydrogens (tertiary/aromatic N) is 2. The van der Waals surface area contributed by atoms with Gasteiger partial charge in [0.1, 0.15) is 5.75 Å². The topological polar surface area (TPSA) is 101 Å². The molecule has 2 N–H and O–H groups in total. The van der Waals surface area contributed by atoms with Crippen molar-refractivity contribution in [2.24, 2.45) is 0 Å². The van der Waals surface area contributed by atoms with Crippen LogP contribution in [0.3, 0.4) is 0 Å². The second-order valence-electron chi connectivity index (χ2n) is 8.06. The van der Waals surface area contributed by atoms with Crippen molar-refractivity contribution in [2.75, 3.05) is 11.9 Å². The SMILES string of the molecule is O=C(COC(=O)c1c2c(nc3ccccc13)/C(=C/c1ccc(O)cc1)CC2)Nc1cccnc1Cl. The number of benzene rings is 2. The number of para-hydroxylation sites is 1. The van der Waals surface area contributed by atoms with E-state index in [-0.39, 0.29) is 10.9 Å². The fourth-order valence-corrected chi connectivity index (χ4v) is 4.32. The number of halogens is 1. The molecular weight excluding hydrogens is 466 g/mol. The lowest BCUT2D eigenvalue weighted by atomic mass is 10.0. The Morgan fingerprint density at radius 1 is 1.06 bits per heavy atom. The molecule has 2 aromatic heterocycles. The van der Waals surface area contributed by atoms with Crippen molar-refractivity contribution < 1.29 is 19.4 Å². The first-order chi connectivity index (χ1) is 17.0. The number of anilines is 1. The maximum Gasteiger partial charge on any atom is 0.339 e. The molecule has 1 amide bonds. The maximum absolute atomic E-state index is 13.2. The van der Waals surface area contributed by atoms with Crippen LogP contribution in [-0.4, -0.2) is 33.6 Å². The number of ether oxygens (including phenoxy) is 1. The van der Waals surface area contributed by atoms with Gasteiger partial charge in [0.25, 0.3) is 5.91 Å². The monoisotopic (exact) mass is 485 g/mol. The van der Waals surface area contributed by atoms with Gasteiger partial charge in [-0.25, -0.2) is 14.8 Å².